The van der Waals surface area contributed by atoms with Gasteiger partial charge in [-0.25, -0.2) is 4.79 Å². The van der Waals surface area contributed by atoms with Crippen LogP contribution in [0.25, 0.3) is 0 Å². The van der Waals surface area contributed by atoms with Crippen LogP contribution in [0, 0.1) is 0 Å². The number of hydrogen-bond donors (Lipinski definition) is 8. The van der Waals surface area contributed by atoms with Crippen molar-refractivity contribution in [3.63, 3.8) is 0 Å². The number of aliphatic hydroxyl groups is 1. The lowest BCUT2D eigenvalue weighted by Gasteiger charge is -2.25. The zero-order valence-electron chi connectivity index (χ0n) is 18.2. The third-order valence-corrected chi connectivity index (χ3v) is 5.02. The molecule has 0 spiro atoms. The second-order valence-electron chi connectivity index (χ2n) is 7.77. The summed E-state index contributed by atoms with van der Waals surface area (Å²) in [5.74, 6) is -5.91. The van der Waals surface area contributed by atoms with Gasteiger partial charge >= 0.3 is 11.9 Å². The first-order chi connectivity index (χ1) is 15.4. The van der Waals surface area contributed by atoms with Crippen molar-refractivity contribution >= 4 is 35.6 Å². The van der Waals surface area contributed by atoms with Gasteiger partial charge in [-0.3, -0.25) is 24.0 Å². The highest BCUT2D eigenvalue weighted by atomic mass is 16.4. The van der Waals surface area contributed by atoms with Crippen LogP contribution in [0.15, 0.2) is 0 Å². The first-order valence-corrected chi connectivity index (χ1v) is 10.5. The second-order valence-corrected chi connectivity index (χ2v) is 7.77. The Labute approximate surface area is 189 Å². The first kappa shape index (κ1) is 27.8. The molecule has 1 aliphatic heterocycles. The van der Waals surface area contributed by atoms with Gasteiger partial charge < -0.3 is 42.3 Å². The van der Waals surface area contributed by atoms with E-state index >= 15 is 0 Å². The number of carboxylic acid groups (broad SMARTS) is 2. The van der Waals surface area contributed by atoms with Crippen LogP contribution in [0.2, 0.25) is 0 Å². The molecular formula is C19H31N5O9. The maximum absolute atomic E-state index is 12.8. The number of hydrogen-bond acceptors (Lipinski definition) is 8. The highest BCUT2D eigenvalue weighted by molar-refractivity contribution is 5.94. The van der Waals surface area contributed by atoms with E-state index in [1.54, 1.807) is 0 Å². The lowest BCUT2D eigenvalue weighted by atomic mass is 10.1. The van der Waals surface area contributed by atoms with Crippen molar-refractivity contribution in [1.29, 1.82) is 0 Å². The maximum Gasteiger partial charge on any atom is 0.328 e. The predicted molar refractivity (Wildman–Crippen MR) is 111 cm³/mol. The van der Waals surface area contributed by atoms with Gasteiger partial charge in [-0.15, -0.1) is 0 Å². The van der Waals surface area contributed by atoms with E-state index in [0.717, 1.165) is 13.3 Å². The minimum Gasteiger partial charge on any atom is -0.481 e. The van der Waals surface area contributed by atoms with Crippen molar-refractivity contribution in [3.8, 4) is 0 Å². The number of carbonyl (C=O) groups is 6. The highest BCUT2D eigenvalue weighted by Crippen LogP contribution is 2.08. The number of nitrogens with two attached hydrogens (primary N) is 1. The molecule has 186 valence electrons. The van der Waals surface area contributed by atoms with Gasteiger partial charge in [-0.2, -0.15) is 0 Å². The second kappa shape index (κ2) is 13.3. The van der Waals surface area contributed by atoms with Crippen LogP contribution in [0.4, 0.5) is 0 Å². The molecule has 5 atom stereocenters. The highest BCUT2D eigenvalue weighted by Gasteiger charge is 2.33. The Kier molecular flexibility index (Phi) is 11.2. The summed E-state index contributed by atoms with van der Waals surface area (Å²) in [4.78, 5) is 71.2. The summed E-state index contributed by atoms with van der Waals surface area (Å²) in [6.45, 7) is 1.76. The van der Waals surface area contributed by atoms with Crippen molar-refractivity contribution in [2.75, 3.05) is 6.54 Å². The van der Waals surface area contributed by atoms with Gasteiger partial charge in [0.15, 0.2) is 6.04 Å². The molecule has 1 fully saturated rings. The van der Waals surface area contributed by atoms with E-state index < -0.39 is 72.3 Å². The monoisotopic (exact) mass is 473 g/mol. The molecule has 1 rings (SSSR count). The molecule has 0 aromatic carbocycles. The zero-order chi connectivity index (χ0) is 25.1. The Morgan fingerprint density at radius 1 is 0.970 bits per heavy atom. The summed E-state index contributed by atoms with van der Waals surface area (Å²) in [5.41, 5.74) is 5.13. The fourth-order valence-electron chi connectivity index (χ4n) is 3.19. The lowest BCUT2D eigenvalue weighted by molar-refractivity contribution is -0.145. The van der Waals surface area contributed by atoms with Gasteiger partial charge in [0.25, 0.3) is 0 Å². The number of rotatable bonds is 14. The Hall–Kier alpha value is -3.26. The smallest absolute Gasteiger partial charge is 0.328 e. The van der Waals surface area contributed by atoms with E-state index in [1.165, 1.54) is 0 Å². The molecule has 0 aliphatic carbocycles. The third-order valence-electron chi connectivity index (χ3n) is 5.02. The summed E-state index contributed by atoms with van der Waals surface area (Å²) >= 11 is 0. The molecule has 1 aliphatic rings. The molecule has 1 saturated heterocycles. The van der Waals surface area contributed by atoms with Gasteiger partial charge in [0, 0.05) is 12.8 Å². The Morgan fingerprint density at radius 2 is 1.55 bits per heavy atom. The maximum atomic E-state index is 12.8. The average Bonchev–Trinajstić information content (AvgIpc) is 3.26. The van der Waals surface area contributed by atoms with Gasteiger partial charge in [0.1, 0.15) is 12.1 Å². The van der Waals surface area contributed by atoms with E-state index in [1.807, 2.05) is 0 Å². The van der Waals surface area contributed by atoms with E-state index in [9.17, 15) is 33.9 Å². The van der Waals surface area contributed by atoms with E-state index in [2.05, 4.69) is 21.3 Å². The van der Waals surface area contributed by atoms with Gasteiger partial charge in [-0.05, 0) is 39.2 Å². The van der Waals surface area contributed by atoms with Crippen molar-refractivity contribution in [1.82, 2.24) is 21.3 Å². The number of aliphatic carboxylic acids is 2. The van der Waals surface area contributed by atoms with Crippen LogP contribution in [0.1, 0.15) is 45.4 Å². The minimum absolute atomic E-state index is 0.168. The van der Waals surface area contributed by atoms with Gasteiger partial charge in [-0.1, -0.05) is 0 Å². The van der Waals surface area contributed by atoms with Crippen molar-refractivity contribution in [2.45, 2.75) is 75.7 Å². The minimum atomic E-state index is -1.69. The van der Waals surface area contributed by atoms with Crippen molar-refractivity contribution < 1.29 is 44.1 Å². The van der Waals surface area contributed by atoms with Crippen LogP contribution in [0.5, 0.6) is 0 Å². The van der Waals surface area contributed by atoms with Gasteiger partial charge in [0.2, 0.25) is 23.6 Å². The zero-order valence-corrected chi connectivity index (χ0v) is 18.2. The fraction of sp³-hybridized carbons (Fsp3) is 0.684. The SMILES string of the molecule is CC(O)C(NC(=O)C(CCC(=O)O)NC(=O)C(CCC(N)=O)NC(=O)C1CCCN1)C(=O)O. The number of amides is 4. The summed E-state index contributed by atoms with van der Waals surface area (Å²) in [7, 11) is 0. The summed E-state index contributed by atoms with van der Waals surface area (Å²) < 4.78 is 0. The first-order valence-electron chi connectivity index (χ1n) is 10.5. The Balaban J connectivity index is 2.97. The molecule has 33 heavy (non-hydrogen) atoms. The molecular weight excluding hydrogens is 442 g/mol. The topological polar surface area (TPSA) is 237 Å². The molecule has 0 saturated carbocycles. The molecule has 4 amide bonds. The van der Waals surface area contributed by atoms with Gasteiger partial charge in [0.05, 0.1) is 12.1 Å². The summed E-state index contributed by atoms with van der Waals surface area (Å²) in [6.07, 6.45) is -1.49. The summed E-state index contributed by atoms with van der Waals surface area (Å²) in [6, 6.07) is -4.95. The van der Waals surface area contributed by atoms with Crippen molar-refractivity contribution in [3.05, 3.63) is 0 Å². The van der Waals surface area contributed by atoms with E-state index in [4.69, 9.17) is 15.9 Å². The van der Waals surface area contributed by atoms with E-state index in [0.29, 0.717) is 13.0 Å². The standard InChI is InChI=1S/C19H31N5O9/c1-9(25)15(19(32)33)24-18(31)12(5-7-14(27)28)23-17(30)11(4-6-13(20)26)22-16(29)10-3-2-8-21-10/h9-12,15,21,25H,2-8H2,1H3,(H2,20,26)(H,22,29)(H,23,30)(H,24,31)(H,27,28)(H,32,33). The molecule has 0 aromatic heterocycles. The number of nitrogens with one attached hydrogen (secondary N) is 4. The largest absolute Gasteiger partial charge is 0.481 e. The van der Waals surface area contributed by atoms with Crippen LogP contribution in [0.3, 0.4) is 0 Å². The predicted octanol–water partition coefficient (Wildman–Crippen LogP) is -3.21. The lowest BCUT2D eigenvalue weighted by Crippen LogP contribution is -2.58. The fourth-order valence-corrected chi connectivity index (χ4v) is 3.19. The number of carboxylic acids is 2. The molecule has 14 nitrogen and oxygen atoms in total. The number of carbonyl (C=O) groups excluding carboxylic acids is 4. The normalized spacial score (nSPS) is 18.9. The third kappa shape index (κ3) is 9.82. The van der Waals surface area contributed by atoms with Crippen LogP contribution in [-0.2, 0) is 28.8 Å². The van der Waals surface area contributed by atoms with Crippen molar-refractivity contribution in [2.24, 2.45) is 5.73 Å². The molecule has 14 heteroatoms. The van der Waals surface area contributed by atoms with E-state index in [-0.39, 0.29) is 19.3 Å². The average molecular weight is 473 g/mol. The molecule has 5 unspecified atom stereocenters. The Bertz CT molecular complexity index is 752. The number of primary amides is 1. The summed E-state index contributed by atoms with van der Waals surface area (Å²) in [5, 5.41) is 37.4. The van der Waals surface area contributed by atoms with Crippen LogP contribution < -0.4 is 27.0 Å². The molecule has 1 heterocycles. The number of aliphatic hydroxyl groups excluding tert-OH is 1. The molecule has 9 N–H and O–H groups in total. The molecule has 0 aromatic rings. The Morgan fingerprint density at radius 3 is 2.03 bits per heavy atom. The molecule has 0 radical (unpaired) electrons. The van der Waals surface area contributed by atoms with Crippen LogP contribution in [-0.4, -0.2) is 87.7 Å². The molecule has 0 bridgehead atoms. The van der Waals surface area contributed by atoms with Crippen LogP contribution >= 0.6 is 0 Å². The quantitative estimate of drug-likeness (QED) is 0.126.